The van der Waals surface area contributed by atoms with E-state index in [2.05, 4.69) is 4.98 Å². The predicted octanol–water partition coefficient (Wildman–Crippen LogP) is 4.73. The molecule has 1 aromatic carbocycles. The maximum atomic E-state index is 13.4. The summed E-state index contributed by atoms with van der Waals surface area (Å²) in [5, 5.41) is 9.02. The average molecular weight is 386 g/mol. The molecule has 8 heteroatoms. The van der Waals surface area contributed by atoms with Crippen molar-refractivity contribution in [2.45, 2.75) is 43.9 Å². The highest BCUT2D eigenvalue weighted by atomic mass is 19.4. The number of fused-ring (bicyclic) bond motifs is 1. The molecule has 1 aromatic heterocycles. The van der Waals surface area contributed by atoms with Crippen molar-refractivity contribution in [1.29, 1.82) is 5.26 Å². The number of nitriles is 1. The molecule has 0 spiro atoms. The van der Waals surface area contributed by atoms with Crippen LogP contribution in [-0.4, -0.2) is 23.1 Å². The Bertz CT molecular complexity index is 939. The average Bonchev–Trinajstić information content (AvgIpc) is 2.99. The van der Waals surface area contributed by atoms with Gasteiger partial charge >= 0.3 is 12.2 Å². The van der Waals surface area contributed by atoms with E-state index >= 15 is 0 Å². The Labute approximate surface area is 160 Å². The van der Waals surface area contributed by atoms with E-state index in [4.69, 9.17) is 5.26 Å². The SMILES string of the molecule is N#Cc1ccc(N2C(=O)N(c3ccncc3)[C@@H]3CCCC[C@H]32)cc1C(F)(F)F. The summed E-state index contributed by atoms with van der Waals surface area (Å²) in [6.45, 7) is 0. The minimum absolute atomic E-state index is 0.103. The van der Waals surface area contributed by atoms with Crippen molar-refractivity contribution in [2.24, 2.45) is 0 Å². The van der Waals surface area contributed by atoms with Gasteiger partial charge in [-0.2, -0.15) is 18.4 Å². The third-order valence-electron chi connectivity index (χ3n) is 5.42. The van der Waals surface area contributed by atoms with Crippen molar-refractivity contribution < 1.29 is 18.0 Å². The van der Waals surface area contributed by atoms with Gasteiger partial charge in [-0.25, -0.2) is 4.79 Å². The standard InChI is InChI=1S/C20H17F3N4O/c21-20(22,23)16-11-15(6-5-13(16)12-24)27-18-4-2-1-3-17(18)26(19(27)28)14-7-9-25-10-8-14/h5-11,17-18H,1-4H2/t17-,18-/m1/s1. The molecule has 1 saturated heterocycles. The number of pyridine rings is 1. The molecule has 4 rings (SSSR count). The number of urea groups is 1. The maximum Gasteiger partial charge on any atom is 0.417 e. The summed E-state index contributed by atoms with van der Waals surface area (Å²) in [4.78, 5) is 20.4. The zero-order valence-electron chi connectivity index (χ0n) is 14.9. The lowest BCUT2D eigenvalue weighted by Gasteiger charge is -2.32. The molecule has 2 atom stereocenters. The van der Waals surface area contributed by atoms with Gasteiger partial charge in [0, 0.05) is 23.8 Å². The van der Waals surface area contributed by atoms with Gasteiger partial charge in [0.05, 0.1) is 29.3 Å². The second kappa shape index (κ2) is 6.82. The molecule has 2 heterocycles. The first-order valence-electron chi connectivity index (χ1n) is 9.05. The zero-order valence-corrected chi connectivity index (χ0v) is 14.9. The molecule has 0 radical (unpaired) electrons. The van der Waals surface area contributed by atoms with Crippen LogP contribution < -0.4 is 9.80 Å². The van der Waals surface area contributed by atoms with Gasteiger partial charge in [-0.1, -0.05) is 12.8 Å². The molecule has 0 unspecified atom stereocenters. The van der Waals surface area contributed by atoms with E-state index in [1.807, 2.05) is 0 Å². The van der Waals surface area contributed by atoms with Gasteiger partial charge in [0.1, 0.15) is 0 Å². The van der Waals surface area contributed by atoms with E-state index in [-0.39, 0.29) is 23.8 Å². The van der Waals surface area contributed by atoms with E-state index in [1.165, 1.54) is 11.0 Å². The molecule has 1 saturated carbocycles. The van der Waals surface area contributed by atoms with E-state index in [0.29, 0.717) is 5.69 Å². The molecule has 5 nitrogen and oxygen atoms in total. The minimum atomic E-state index is -4.67. The van der Waals surface area contributed by atoms with Crippen LogP contribution in [0.3, 0.4) is 0 Å². The van der Waals surface area contributed by atoms with Crippen LogP contribution in [0.2, 0.25) is 0 Å². The predicted molar refractivity (Wildman–Crippen MR) is 96.8 cm³/mol. The molecule has 2 aliphatic rings. The van der Waals surface area contributed by atoms with E-state index in [9.17, 15) is 18.0 Å². The van der Waals surface area contributed by atoms with Gasteiger partial charge in [0.15, 0.2) is 0 Å². The number of aromatic nitrogens is 1. The molecule has 1 aliphatic carbocycles. The Morgan fingerprint density at radius 3 is 2.18 bits per heavy atom. The number of amides is 2. The summed E-state index contributed by atoms with van der Waals surface area (Å²) in [5.74, 6) is 0. The highest BCUT2D eigenvalue weighted by Crippen LogP contribution is 2.41. The number of anilines is 2. The first-order chi connectivity index (χ1) is 13.4. The van der Waals surface area contributed by atoms with Gasteiger partial charge in [0.2, 0.25) is 0 Å². The Balaban J connectivity index is 1.79. The van der Waals surface area contributed by atoms with Gasteiger partial charge in [-0.05, 0) is 43.2 Å². The number of carbonyl (C=O) groups is 1. The third kappa shape index (κ3) is 2.97. The molecule has 28 heavy (non-hydrogen) atoms. The monoisotopic (exact) mass is 386 g/mol. The minimum Gasteiger partial charge on any atom is -0.289 e. The second-order valence-electron chi connectivity index (χ2n) is 6.99. The van der Waals surface area contributed by atoms with Crippen LogP contribution in [0.25, 0.3) is 0 Å². The highest BCUT2D eigenvalue weighted by molar-refractivity contribution is 6.07. The van der Waals surface area contributed by atoms with Gasteiger partial charge in [0.25, 0.3) is 0 Å². The molecular formula is C20H17F3N4O. The fourth-order valence-corrected chi connectivity index (χ4v) is 4.22. The topological polar surface area (TPSA) is 60.2 Å². The summed E-state index contributed by atoms with van der Waals surface area (Å²) in [6.07, 6.45) is 1.90. The number of halogens is 3. The lowest BCUT2D eigenvalue weighted by atomic mass is 9.89. The van der Waals surface area contributed by atoms with Crippen LogP contribution >= 0.6 is 0 Å². The van der Waals surface area contributed by atoms with Crippen LogP contribution in [-0.2, 0) is 6.18 Å². The number of hydrogen-bond acceptors (Lipinski definition) is 3. The lowest BCUT2D eigenvalue weighted by molar-refractivity contribution is -0.137. The summed E-state index contributed by atoms with van der Waals surface area (Å²) < 4.78 is 40.2. The van der Waals surface area contributed by atoms with Gasteiger partial charge < -0.3 is 0 Å². The quantitative estimate of drug-likeness (QED) is 0.750. The smallest absolute Gasteiger partial charge is 0.289 e. The third-order valence-corrected chi connectivity index (χ3v) is 5.42. The van der Waals surface area contributed by atoms with Crippen LogP contribution in [0.1, 0.15) is 36.8 Å². The lowest BCUT2D eigenvalue weighted by Crippen LogP contribution is -2.40. The van der Waals surface area contributed by atoms with Crippen molar-refractivity contribution in [3.63, 3.8) is 0 Å². The Morgan fingerprint density at radius 2 is 1.61 bits per heavy atom. The molecule has 1 aliphatic heterocycles. The number of rotatable bonds is 2. The van der Waals surface area contributed by atoms with E-state index < -0.39 is 17.3 Å². The molecule has 2 aromatic rings. The summed E-state index contributed by atoms with van der Waals surface area (Å²) in [5.41, 5.74) is -0.613. The van der Waals surface area contributed by atoms with Crippen LogP contribution in [0, 0.1) is 11.3 Å². The van der Waals surface area contributed by atoms with Gasteiger partial charge in [-0.3, -0.25) is 14.8 Å². The van der Waals surface area contributed by atoms with Gasteiger partial charge in [-0.15, -0.1) is 0 Å². The van der Waals surface area contributed by atoms with E-state index in [1.54, 1.807) is 35.5 Å². The van der Waals surface area contributed by atoms with Crippen LogP contribution in [0.4, 0.5) is 29.3 Å². The fraction of sp³-hybridized carbons (Fsp3) is 0.350. The number of nitrogens with zero attached hydrogens (tertiary/aromatic N) is 4. The molecule has 2 fully saturated rings. The second-order valence-corrected chi connectivity index (χ2v) is 6.99. The number of benzene rings is 1. The summed E-state index contributed by atoms with van der Waals surface area (Å²) >= 11 is 0. The zero-order chi connectivity index (χ0) is 19.9. The number of alkyl halides is 3. The summed E-state index contributed by atoms with van der Waals surface area (Å²) in [7, 11) is 0. The van der Waals surface area contributed by atoms with Crippen LogP contribution in [0.15, 0.2) is 42.7 Å². The van der Waals surface area contributed by atoms with Crippen LogP contribution in [0.5, 0.6) is 0 Å². The Morgan fingerprint density at radius 1 is 1.00 bits per heavy atom. The largest absolute Gasteiger partial charge is 0.417 e. The van der Waals surface area contributed by atoms with Crippen molar-refractivity contribution in [1.82, 2.24) is 4.98 Å². The Hall–Kier alpha value is -3.08. The molecule has 0 N–H and O–H groups in total. The first kappa shape index (κ1) is 18.3. The number of carbonyl (C=O) groups excluding carboxylic acids is 1. The maximum absolute atomic E-state index is 13.4. The molecule has 2 amide bonds. The summed E-state index contributed by atoms with van der Waals surface area (Å²) in [6, 6.07) is 7.86. The first-order valence-corrected chi connectivity index (χ1v) is 9.05. The normalized spacial score (nSPS) is 22.1. The highest BCUT2D eigenvalue weighted by Gasteiger charge is 2.48. The molecule has 0 bridgehead atoms. The fourth-order valence-electron chi connectivity index (χ4n) is 4.22. The van der Waals surface area contributed by atoms with Crippen molar-refractivity contribution in [2.75, 3.05) is 9.80 Å². The number of hydrogen-bond donors (Lipinski definition) is 0. The van der Waals surface area contributed by atoms with Crippen molar-refractivity contribution >= 4 is 17.4 Å². The molecular weight excluding hydrogens is 369 g/mol. The van der Waals surface area contributed by atoms with Crippen molar-refractivity contribution in [3.05, 3.63) is 53.9 Å². The van der Waals surface area contributed by atoms with E-state index in [0.717, 1.165) is 37.8 Å². The van der Waals surface area contributed by atoms with Crippen molar-refractivity contribution in [3.8, 4) is 6.07 Å². The Kier molecular flexibility index (Phi) is 4.46. The molecule has 144 valence electrons.